The fourth-order valence-corrected chi connectivity index (χ4v) is 3.02. The molecule has 1 heterocycles. The van der Waals surface area contributed by atoms with Crippen LogP contribution in [0.4, 0.5) is 0 Å². The molecule has 1 aromatic carbocycles. The molecule has 0 aromatic heterocycles. The van der Waals surface area contributed by atoms with E-state index in [-0.39, 0.29) is 29.8 Å². The van der Waals surface area contributed by atoms with Gasteiger partial charge in [-0.1, -0.05) is 44.2 Å². The Morgan fingerprint density at radius 2 is 1.76 bits per heavy atom. The number of rotatable bonds is 4. The van der Waals surface area contributed by atoms with Gasteiger partial charge >= 0.3 is 0 Å². The molecule has 4 nitrogen and oxygen atoms in total. The summed E-state index contributed by atoms with van der Waals surface area (Å²) < 4.78 is 0. The Kier molecular flexibility index (Phi) is 4.66. The first-order valence-electron chi connectivity index (χ1n) is 7.58. The first-order chi connectivity index (χ1) is 9.91. The maximum atomic E-state index is 12.5. The molecule has 1 aliphatic heterocycles. The Labute approximate surface area is 126 Å². The summed E-state index contributed by atoms with van der Waals surface area (Å²) in [6.07, 6.45) is 0.760. The second-order valence-corrected chi connectivity index (χ2v) is 6.20. The molecule has 0 bridgehead atoms. The molecule has 114 valence electrons. The maximum absolute atomic E-state index is 12.5. The van der Waals surface area contributed by atoms with E-state index in [4.69, 9.17) is 0 Å². The molecule has 0 saturated carbocycles. The molecule has 0 radical (unpaired) electrons. The van der Waals surface area contributed by atoms with Crippen molar-refractivity contribution in [2.24, 2.45) is 5.92 Å². The highest BCUT2D eigenvalue weighted by atomic mass is 16.2. The monoisotopic (exact) mass is 288 g/mol. The van der Waals surface area contributed by atoms with Crippen molar-refractivity contribution in [2.75, 3.05) is 0 Å². The predicted molar refractivity (Wildman–Crippen MR) is 82.7 cm³/mol. The third-order valence-electron chi connectivity index (χ3n) is 4.03. The summed E-state index contributed by atoms with van der Waals surface area (Å²) in [5, 5.41) is 2.78. The van der Waals surface area contributed by atoms with Crippen LogP contribution in [0.5, 0.6) is 0 Å². The van der Waals surface area contributed by atoms with E-state index in [1.54, 1.807) is 11.8 Å². The van der Waals surface area contributed by atoms with Crippen molar-refractivity contribution in [3.63, 3.8) is 0 Å². The van der Waals surface area contributed by atoms with E-state index in [0.717, 1.165) is 6.42 Å². The molecular weight excluding hydrogens is 264 g/mol. The topological polar surface area (TPSA) is 49.4 Å². The Morgan fingerprint density at radius 1 is 1.14 bits per heavy atom. The minimum atomic E-state index is -0.439. The molecule has 3 atom stereocenters. The second-order valence-electron chi connectivity index (χ2n) is 6.20. The fourth-order valence-electron chi connectivity index (χ4n) is 3.02. The number of amides is 2. The van der Waals surface area contributed by atoms with E-state index in [1.807, 2.05) is 39.0 Å². The summed E-state index contributed by atoms with van der Waals surface area (Å²) in [4.78, 5) is 26.6. The number of carbonyl (C=O) groups excluding carboxylic acids is 2. The largest absolute Gasteiger partial charge is 0.343 e. The summed E-state index contributed by atoms with van der Waals surface area (Å²) in [7, 11) is 0. The highest BCUT2D eigenvalue weighted by molar-refractivity contribution is 5.97. The van der Waals surface area contributed by atoms with Gasteiger partial charge in [0.2, 0.25) is 11.8 Å². The van der Waals surface area contributed by atoms with Gasteiger partial charge in [0, 0.05) is 6.04 Å². The lowest BCUT2D eigenvalue weighted by molar-refractivity contribution is -0.153. The summed E-state index contributed by atoms with van der Waals surface area (Å²) >= 11 is 0. The fraction of sp³-hybridized carbons (Fsp3) is 0.529. The van der Waals surface area contributed by atoms with Crippen molar-refractivity contribution in [1.82, 2.24) is 10.2 Å². The van der Waals surface area contributed by atoms with Gasteiger partial charge < -0.3 is 10.2 Å². The molecule has 4 heteroatoms. The SMILES string of the molecule is CC1NC(=O)C(C(C)C)N(C(C)Cc2ccccc2)C1=O. The summed E-state index contributed by atoms with van der Waals surface area (Å²) in [6, 6.07) is 9.26. The van der Waals surface area contributed by atoms with Crippen LogP contribution in [-0.2, 0) is 16.0 Å². The van der Waals surface area contributed by atoms with E-state index in [1.165, 1.54) is 5.56 Å². The van der Waals surface area contributed by atoms with Crippen LogP contribution in [0.2, 0.25) is 0 Å². The van der Waals surface area contributed by atoms with Crippen LogP contribution in [-0.4, -0.2) is 34.8 Å². The number of hydrogen-bond acceptors (Lipinski definition) is 2. The third-order valence-corrected chi connectivity index (χ3v) is 4.03. The van der Waals surface area contributed by atoms with Crippen molar-refractivity contribution < 1.29 is 9.59 Å². The number of benzene rings is 1. The molecule has 2 amide bonds. The van der Waals surface area contributed by atoms with Gasteiger partial charge in [0.25, 0.3) is 0 Å². The van der Waals surface area contributed by atoms with Crippen LogP contribution in [0.15, 0.2) is 30.3 Å². The normalized spacial score (nSPS) is 24.1. The zero-order valence-corrected chi connectivity index (χ0v) is 13.2. The van der Waals surface area contributed by atoms with Gasteiger partial charge in [-0.15, -0.1) is 0 Å². The Morgan fingerprint density at radius 3 is 2.33 bits per heavy atom. The van der Waals surface area contributed by atoms with Gasteiger partial charge in [0.15, 0.2) is 0 Å². The molecule has 1 N–H and O–H groups in total. The highest BCUT2D eigenvalue weighted by Gasteiger charge is 2.42. The summed E-state index contributed by atoms with van der Waals surface area (Å²) in [6.45, 7) is 7.73. The average molecular weight is 288 g/mol. The van der Waals surface area contributed by atoms with Gasteiger partial charge in [0.05, 0.1) is 0 Å². The Balaban J connectivity index is 2.23. The average Bonchev–Trinajstić information content (AvgIpc) is 2.43. The molecule has 0 aliphatic carbocycles. The van der Waals surface area contributed by atoms with E-state index in [9.17, 15) is 9.59 Å². The third kappa shape index (κ3) is 3.26. The summed E-state index contributed by atoms with van der Waals surface area (Å²) in [5.41, 5.74) is 1.18. The number of carbonyl (C=O) groups is 2. The van der Waals surface area contributed by atoms with E-state index < -0.39 is 6.04 Å². The molecule has 1 fully saturated rings. The van der Waals surface area contributed by atoms with Crippen LogP contribution in [0.3, 0.4) is 0 Å². The van der Waals surface area contributed by atoms with Crippen molar-refractivity contribution in [3.8, 4) is 0 Å². The van der Waals surface area contributed by atoms with E-state index in [0.29, 0.717) is 0 Å². The van der Waals surface area contributed by atoms with Gasteiger partial charge in [-0.05, 0) is 31.7 Å². The van der Waals surface area contributed by atoms with Gasteiger partial charge in [0.1, 0.15) is 12.1 Å². The van der Waals surface area contributed by atoms with Gasteiger partial charge in [-0.2, -0.15) is 0 Å². The molecule has 0 spiro atoms. The van der Waals surface area contributed by atoms with Gasteiger partial charge in [-0.3, -0.25) is 9.59 Å². The number of nitrogens with zero attached hydrogens (tertiary/aromatic N) is 1. The Bertz CT molecular complexity index is 513. The van der Waals surface area contributed by atoms with E-state index in [2.05, 4.69) is 17.4 Å². The van der Waals surface area contributed by atoms with Gasteiger partial charge in [-0.25, -0.2) is 0 Å². The van der Waals surface area contributed by atoms with Crippen LogP contribution < -0.4 is 5.32 Å². The second kappa shape index (κ2) is 6.29. The number of piperazine rings is 1. The minimum Gasteiger partial charge on any atom is -0.343 e. The van der Waals surface area contributed by atoms with Crippen molar-refractivity contribution in [2.45, 2.75) is 52.2 Å². The highest BCUT2D eigenvalue weighted by Crippen LogP contribution is 2.22. The zero-order valence-electron chi connectivity index (χ0n) is 13.2. The molecule has 3 unspecified atom stereocenters. The van der Waals surface area contributed by atoms with Crippen LogP contribution >= 0.6 is 0 Å². The maximum Gasteiger partial charge on any atom is 0.245 e. The Hall–Kier alpha value is -1.84. The molecule has 2 rings (SSSR count). The number of hydrogen-bond donors (Lipinski definition) is 1. The zero-order chi connectivity index (χ0) is 15.6. The lowest BCUT2D eigenvalue weighted by Crippen LogP contribution is -2.66. The molecule has 1 saturated heterocycles. The smallest absolute Gasteiger partial charge is 0.245 e. The van der Waals surface area contributed by atoms with Crippen LogP contribution in [0.25, 0.3) is 0 Å². The lowest BCUT2D eigenvalue weighted by Gasteiger charge is -2.43. The first-order valence-corrected chi connectivity index (χ1v) is 7.58. The molecule has 1 aromatic rings. The van der Waals surface area contributed by atoms with Crippen molar-refractivity contribution in [1.29, 1.82) is 0 Å². The van der Waals surface area contributed by atoms with Crippen molar-refractivity contribution in [3.05, 3.63) is 35.9 Å². The molecule has 1 aliphatic rings. The number of nitrogens with one attached hydrogen (secondary N) is 1. The summed E-state index contributed by atoms with van der Waals surface area (Å²) in [5.74, 6) is 0.0633. The first kappa shape index (κ1) is 15.5. The predicted octanol–water partition coefficient (Wildman–Crippen LogP) is 1.99. The van der Waals surface area contributed by atoms with Crippen molar-refractivity contribution >= 4 is 11.8 Å². The van der Waals surface area contributed by atoms with Crippen LogP contribution in [0, 0.1) is 5.92 Å². The van der Waals surface area contributed by atoms with Crippen LogP contribution in [0.1, 0.15) is 33.3 Å². The molecular formula is C17H24N2O2. The quantitative estimate of drug-likeness (QED) is 0.921. The minimum absolute atomic E-state index is 0.000741. The van der Waals surface area contributed by atoms with E-state index >= 15 is 0 Å². The standard InChI is InChI=1S/C17H24N2O2/c1-11(2)15-16(20)18-13(4)17(21)19(15)12(3)10-14-8-6-5-7-9-14/h5-9,11-13,15H,10H2,1-4H3,(H,18,20). The lowest BCUT2D eigenvalue weighted by atomic mass is 9.94. The molecule has 21 heavy (non-hydrogen) atoms.